The second-order valence-corrected chi connectivity index (χ2v) is 14.6. The number of aromatic nitrogens is 1. The van der Waals surface area contributed by atoms with Crippen LogP contribution in [0, 0.1) is 5.92 Å². The first kappa shape index (κ1) is 19.4. The Hall–Kier alpha value is -1.41. The second kappa shape index (κ2) is 8.08. The van der Waals surface area contributed by atoms with Crippen LogP contribution in [-0.4, -0.2) is 13.1 Å². The van der Waals surface area contributed by atoms with E-state index in [4.69, 9.17) is 4.98 Å². The van der Waals surface area contributed by atoms with Crippen molar-refractivity contribution in [2.24, 2.45) is 5.92 Å². The maximum atomic E-state index is 4.90. The topological polar surface area (TPSA) is 12.9 Å². The van der Waals surface area contributed by atoms with Gasteiger partial charge in [0.2, 0.25) is 0 Å². The average Bonchev–Trinajstić information content (AvgIpc) is 2.61. The van der Waals surface area contributed by atoms with E-state index in [-0.39, 0.29) is 0 Å². The van der Waals surface area contributed by atoms with Gasteiger partial charge < -0.3 is 0 Å². The van der Waals surface area contributed by atoms with E-state index < -0.39 is 8.07 Å². The predicted molar refractivity (Wildman–Crippen MR) is 117 cm³/mol. The molecule has 0 bridgehead atoms. The molecule has 3 rings (SSSR count). The van der Waals surface area contributed by atoms with E-state index in [0.717, 1.165) is 18.0 Å². The number of hydrogen-bond acceptors (Lipinski definition) is 1. The Morgan fingerprint density at radius 3 is 2.42 bits per heavy atom. The van der Waals surface area contributed by atoms with E-state index >= 15 is 0 Å². The fraction of sp³-hybridized carbons (Fsp3) is 0.542. The van der Waals surface area contributed by atoms with Gasteiger partial charge in [-0.3, -0.25) is 4.98 Å². The number of hydrogen-bond donors (Lipinski definition) is 0. The molecule has 0 aliphatic heterocycles. The van der Waals surface area contributed by atoms with E-state index in [9.17, 15) is 0 Å². The molecule has 0 saturated heterocycles. The Kier molecular flexibility index (Phi) is 6.02. The highest BCUT2D eigenvalue weighted by atomic mass is 28.3. The van der Waals surface area contributed by atoms with Gasteiger partial charge in [-0.05, 0) is 59.5 Å². The van der Waals surface area contributed by atoms with Crippen LogP contribution in [0.1, 0.15) is 63.0 Å². The van der Waals surface area contributed by atoms with Crippen LogP contribution in [0.25, 0.3) is 11.3 Å². The van der Waals surface area contributed by atoms with E-state index in [1.807, 2.05) is 0 Å². The molecule has 1 aliphatic carbocycles. The normalized spacial score (nSPS) is 16.2. The SMILES string of the molecule is CC(C)Cc1cc(-c2cccc(C3CCCCC3)c2)ncc1[Si](C)(C)C. The zero-order chi connectivity index (χ0) is 18.7. The van der Waals surface area contributed by atoms with Gasteiger partial charge in [0.05, 0.1) is 13.8 Å². The quantitative estimate of drug-likeness (QED) is 0.548. The van der Waals surface area contributed by atoms with Gasteiger partial charge >= 0.3 is 0 Å². The van der Waals surface area contributed by atoms with Gasteiger partial charge in [-0.1, -0.05) is 71.0 Å². The predicted octanol–water partition coefficient (Wildman–Crippen LogP) is 6.54. The minimum atomic E-state index is -1.37. The van der Waals surface area contributed by atoms with Crippen molar-refractivity contribution in [2.45, 2.75) is 77.9 Å². The summed E-state index contributed by atoms with van der Waals surface area (Å²) in [6, 6.07) is 11.6. The fourth-order valence-electron chi connectivity index (χ4n) is 4.33. The maximum absolute atomic E-state index is 4.90. The van der Waals surface area contributed by atoms with Crippen molar-refractivity contribution in [2.75, 3.05) is 0 Å². The second-order valence-electron chi connectivity index (χ2n) is 9.54. The number of nitrogens with zero attached hydrogens (tertiary/aromatic N) is 1. The zero-order valence-electron chi connectivity index (χ0n) is 17.3. The summed E-state index contributed by atoms with van der Waals surface area (Å²) in [5.74, 6) is 1.43. The van der Waals surface area contributed by atoms with E-state index in [2.05, 4.69) is 70.0 Å². The van der Waals surface area contributed by atoms with Gasteiger partial charge in [0.15, 0.2) is 0 Å². The number of pyridine rings is 1. The molecule has 1 aromatic carbocycles. The summed E-state index contributed by atoms with van der Waals surface area (Å²) in [4.78, 5) is 4.90. The number of rotatable bonds is 5. The minimum Gasteiger partial charge on any atom is -0.256 e. The molecule has 140 valence electrons. The monoisotopic (exact) mass is 365 g/mol. The van der Waals surface area contributed by atoms with Crippen molar-refractivity contribution in [3.63, 3.8) is 0 Å². The summed E-state index contributed by atoms with van der Waals surface area (Å²) >= 11 is 0. The van der Waals surface area contributed by atoms with Crippen LogP contribution in [0.5, 0.6) is 0 Å². The Morgan fingerprint density at radius 2 is 1.77 bits per heavy atom. The summed E-state index contributed by atoms with van der Waals surface area (Å²) < 4.78 is 0. The maximum Gasteiger partial charge on any atom is 0.0799 e. The lowest BCUT2D eigenvalue weighted by Crippen LogP contribution is -2.40. The summed E-state index contributed by atoms with van der Waals surface area (Å²) in [5, 5.41) is 1.53. The third-order valence-electron chi connectivity index (χ3n) is 5.68. The smallest absolute Gasteiger partial charge is 0.0799 e. The van der Waals surface area contributed by atoms with Crippen molar-refractivity contribution in [3.8, 4) is 11.3 Å². The van der Waals surface area contributed by atoms with Gasteiger partial charge in [0.25, 0.3) is 0 Å². The van der Waals surface area contributed by atoms with Gasteiger partial charge in [-0.2, -0.15) is 0 Å². The first-order valence-electron chi connectivity index (χ1n) is 10.4. The van der Waals surface area contributed by atoms with Crippen LogP contribution >= 0.6 is 0 Å². The molecule has 0 spiro atoms. The fourth-order valence-corrected chi connectivity index (χ4v) is 5.92. The molecule has 0 atom stereocenters. The largest absolute Gasteiger partial charge is 0.256 e. The van der Waals surface area contributed by atoms with E-state index in [0.29, 0.717) is 5.92 Å². The molecule has 1 heterocycles. The average molecular weight is 366 g/mol. The molecular weight excluding hydrogens is 330 g/mol. The molecule has 1 saturated carbocycles. The number of benzene rings is 1. The highest BCUT2D eigenvalue weighted by molar-refractivity contribution is 6.89. The summed E-state index contributed by atoms with van der Waals surface area (Å²) in [6.45, 7) is 11.9. The lowest BCUT2D eigenvalue weighted by atomic mass is 9.83. The first-order valence-corrected chi connectivity index (χ1v) is 13.9. The molecule has 2 aromatic rings. The van der Waals surface area contributed by atoms with Crippen LogP contribution in [0.3, 0.4) is 0 Å². The van der Waals surface area contributed by atoms with E-state index in [1.54, 1.807) is 0 Å². The standard InChI is InChI=1S/C24H35NSi/c1-18(2)14-22-16-23(25-17-24(22)26(3,4)5)21-13-9-12-20(15-21)19-10-7-6-8-11-19/h9,12-13,15-19H,6-8,10-11,14H2,1-5H3. The lowest BCUT2D eigenvalue weighted by molar-refractivity contribution is 0.443. The van der Waals surface area contributed by atoms with Gasteiger partial charge in [0.1, 0.15) is 0 Å². The van der Waals surface area contributed by atoms with E-state index in [1.165, 1.54) is 54.0 Å². The molecule has 1 fully saturated rings. The van der Waals surface area contributed by atoms with Crippen molar-refractivity contribution in [1.82, 2.24) is 4.98 Å². The van der Waals surface area contributed by atoms with Crippen LogP contribution < -0.4 is 5.19 Å². The lowest BCUT2D eigenvalue weighted by Gasteiger charge is -2.23. The Labute approximate surface area is 161 Å². The molecule has 0 amide bonds. The molecule has 0 N–H and O–H groups in total. The first-order chi connectivity index (χ1) is 12.3. The Bertz CT molecular complexity index is 736. The minimum absolute atomic E-state index is 0.675. The van der Waals surface area contributed by atoms with Crippen LogP contribution in [-0.2, 0) is 6.42 Å². The molecule has 2 heteroatoms. The molecular formula is C24H35NSi. The molecule has 0 radical (unpaired) electrons. The third-order valence-corrected chi connectivity index (χ3v) is 7.75. The van der Waals surface area contributed by atoms with Crippen LogP contribution in [0.2, 0.25) is 19.6 Å². The Balaban J connectivity index is 1.96. The van der Waals surface area contributed by atoms with Crippen molar-refractivity contribution in [1.29, 1.82) is 0 Å². The van der Waals surface area contributed by atoms with Gasteiger partial charge in [-0.15, -0.1) is 0 Å². The highest BCUT2D eigenvalue weighted by Gasteiger charge is 2.22. The molecule has 26 heavy (non-hydrogen) atoms. The van der Waals surface area contributed by atoms with Gasteiger partial charge in [-0.25, -0.2) is 0 Å². The van der Waals surface area contributed by atoms with Crippen molar-refractivity contribution in [3.05, 3.63) is 47.7 Å². The van der Waals surface area contributed by atoms with Gasteiger partial charge in [0, 0.05) is 11.8 Å². The molecule has 1 aromatic heterocycles. The molecule has 1 nitrogen and oxygen atoms in total. The third kappa shape index (κ3) is 4.65. The van der Waals surface area contributed by atoms with Crippen LogP contribution in [0.4, 0.5) is 0 Å². The van der Waals surface area contributed by atoms with Crippen molar-refractivity contribution < 1.29 is 0 Å². The van der Waals surface area contributed by atoms with Crippen LogP contribution in [0.15, 0.2) is 36.5 Å². The summed E-state index contributed by atoms with van der Waals surface area (Å²) in [7, 11) is -1.37. The van der Waals surface area contributed by atoms with Crippen molar-refractivity contribution >= 4 is 13.3 Å². The zero-order valence-corrected chi connectivity index (χ0v) is 18.3. The molecule has 1 aliphatic rings. The summed E-state index contributed by atoms with van der Waals surface area (Å²) in [6.07, 6.45) is 10.2. The highest BCUT2D eigenvalue weighted by Crippen LogP contribution is 2.34. The Morgan fingerprint density at radius 1 is 1.04 bits per heavy atom. The molecule has 0 unspecified atom stereocenters. The summed E-state index contributed by atoms with van der Waals surface area (Å²) in [5.41, 5.74) is 5.48.